The zero-order chi connectivity index (χ0) is 19.2. The first-order valence-electron chi connectivity index (χ1n) is 9.15. The lowest BCUT2D eigenvalue weighted by Crippen LogP contribution is -2.41. The van der Waals surface area contributed by atoms with Gasteiger partial charge >= 0.3 is 0 Å². The van der Waals surface area contributed by atoms with E-state index in [4.69, 9.17) is 9.47 Å². The summed E-state index contributed by atoms with van der Waals surface area (Å²) in [6.07, 6.45) is 6.72. The van der Waals surface area contributed by atoms with Gasteiger partial charge in [-0.05, 0) is 31.9 Å². The Labute approximate surface area is 159 Å². The lowest BCUT2D eigenvalue weighted by molar-refractivity contribution is -0.126. The van der Waals surface area contributed by atoms with Crippen LogP contribution >= 0.6 is 0 Å². The molecule has 1 aliphatic rings. The first-order chi connectivity index (χ1) is 13.1. The molecule has 7 heteroatoms. The number of aromatic nitrogens is 2. The molecule has 3 rings (SSSR count). The van der Waals surface area contributed by atoms with Crippen molar-refractivity contribution < 1.29 is 14.3 Å². The minimum atomic E-state index is -0.142. The highest BCUT2D eigenvalue weighted by molar-refractivity contribution is 5.79. The van der Waals surface area contributed by atoms with E-state index in [9.17, 15) is 4.79 Å². The number of carbonyl (C=O) groups excluding carboxylic acids is 1. The number of benzene rings is 1. The highest BCUT2D eigenvalue weighted by atomic mass is 16.5. The van der Waals surface area contributed by atoms with Gasteiger partial charge < -0.3 is 19.7 Å². The second-order valence-corrected chi connectivity index (χ2v) is 6.66. The molecule has 7 nitrogen and oxygen atoms in total. The smallest absolute Gasteiger partial charge is 0.223 e. The first kappa shape index (κ1) is 18.9. The molecule has 1 fully saturated rings. The number of piperidine rings is 1. The molecule has 2 aromatic rings. The van der Waals surface area contributed by atoms with Crippen LogP contribution in [0.3, 0.4) is 0 Å². The van der Waals surface area contributed by atoms with Crippen molar-refractivity contribution >= 4 is 11.7 Å². The maximum Gasteiger partial charge on any atom is 0.223 e. The second kappa shape index (κ2) is 8.70. The van der Waals surface area contributed by atoms with Crippen LogP contribution in [0.1, 0.15) is 31.4 Å². The standard InChI is InChI=1S/C20H26N4O3/c1-14(17-5-4-16(26-2)12-18(17)27-3)23-20(25)15-6-10-24(11-7-15)19-13-21-8-9-22-19/h4-5,8-9,12-15H,6-7,10-11H2,1-3H3,(H,23,25). The fourth-order valence-corrected chi connectivity index (χ4v) is 3.41. The van der Waals surface area contributed by atoms with Crippen LogP contribution in [0.15, 0.2) is 36.8 Å². The number of carbonyl (C=O) groups is 1. The molecule has 1 amide bonds. The van der Waals surface area contributed by atoms with Gasteiger partial charge in [-0.2, -0.15) is 0 Å². The molecule has 27 heavy (non-hydrogen) atoms. The normalized spacial score (nSPS) is 15.9. The van der Waals surface area contributed by atoms with E-state index in [0.29, 0.717) is 5.75 Å². The summed E-state index contributed by atoms with van der Waals surface area (Å²) >= 11 is 0. The predicted octanol–water partition coefficient (Wildman–Crippen LogP) is 2.59. The van der Waals surface area contributed by atoms with E-state index in [0.717, 1.165) is 43.1 Å². The predicted molar refractivity (Wildman–Crippen MR) is 103 cm³/mol. The Balaban J connectivity index is 1.58. The Morgan fingerprint density at radius 2 is 2.00 bits per heavy atom. The van der Waals surface area contributed by atoms with Gasteiger partial charge in [0.1, 0.15) is 17.3 Å². The van der Waals surface area contributed by atoms with Gasteiger partial charge in [0.05, 0.1) is 26.5 Å². The third-order valence-electron chi connectivity index (χ3n) is 5.01. The Kier molecular flexibility index (Phi) is 6.11. The van der Waals surface area contributed by atoms with E-state index in [1.54, 1.807) is 32.8 Å². The highest BCUT2D eigenvalue weighted by Gasteiger charge is 2.27. The van der Waals surface area contributed by atoms with Gasteiger partial charge in [-0.25, -0.2) is 4.98 Å². The first-order valence-corrected chi connectivity index (χ1v) is 9.15. The number of nitrogens with one attached hydrogen (secondary N) is 1. The molecule has 1 atom stereocenters. The Morgan fingerprint density at radius 1 is 1.22 bits per heavy atom. The number of hydrogen-bond donors (Lipinski definition) is 1. The molecular weight excluding hydrogens is 344 g/mol. The summed E-state index contributed by atoms with van der Waals surface area (Å²) in [6.45, 7) is 3.57. The zero-order valence-corrected chi connectivity index (χ0v) is 16.0. The van der Waals surface area contributed by atoms with Crippen LogP contribution in [0.4, 0.5) is 5.82 Å². The quantitative estimate of drug-likeness (QED) is 0.842. The lowest BCUT2D eigenvalue weighted by Gasteiger charge is -2.32. The fraction of sp³-hybridized carbons (Fsp3) is 0.450. The largest absolute Gasteiger partial charge is 0.497 e. The second-order valence-electron chi connectivity index (χ2n) is 6.66. The van der Waals surface area contributed by atoms with E-state index in [1.165, 1.54) is 0 Å². The number of amides is 1. The van der Waals surface area contributed by atoms with E-state index < -0.39 is 0 Å². The number of nitrogens with zero attached hydrogens (tertiary/aromatic N) is 3. The van der Waals surface area contributed by atoms with Crippen LogP contribution in [-0.2, 0) is 4.79 Å². The fourth-order valence-electron chi connectivity index (χ4n) is 3.41. The third-order valence-corrected chi connectivity index (χ3v) is 5.01. The van der Waals surface area contributed by atoms with Crippen molar-refractivity contribution in [1.29, 1.82) is 0 Å². The van der Waals surface area contributed by atoms with Crippen LogP contribution in [0.2, 0.25) is 0 Å². The molecule has 144 valence electrons. The maximum atomic E-state index is 12.7. The average molecular weight is 370 g/mol. The SMILES string of the molecule is COc1ccc(C(C)NC(=O)C2CCN(c3cnccn3)CC2)c(OC)c1. The third kappa shape index (κ3) is 4.48. The van der Waals surface area contributed by atoms with Crippen molar-refractivity contribution in [2.75, 3.05) is 32.2 Å². The van der Waals surface area contributed by atoms with Crippen molar-refractivity contribution in [3.63, 3.8) is 0 Å². The average Bonchev–Trinajstić information content (AvgIpc) is 2.73. The van der Waals surface area contributed by atoms with Crippen LogP contribution in [0.25, 0.3) is 0 Å². The number of hydrogen-bond acceptors (Lipinski definition) is 6. The van der Waals surface area contributed by atoms with Gasteiger partial charge in [0, 0.05) is 43.0 Å². The number of methoxy groups -OCH3 is 2. The summed E-state index contributed by atoms with van der Waals surface area (Å²) in [4.78, 5) is 23.3. The van der Waals surface area contributed by atoms with Gasteiger partial charge in [0.25, 0.3) is 0 Å². The number of ether oxygens (including phenoxy) is 2. The summed E-state index contributed by atoms with van der Waals surface area (Å²) in [6, 6.07) is 5.49. The molecule has 1 saturated heterocycles. The van der Waals surface area contributed by atoms with Crippen molar-refractivity contribution in [2.24, 2.45) is 5.92 Å². The highest BCUT2D eigenvalue weighted by Crippen LogP contribution is 2.30. The van der Waals surface area contributed by atoms with E-state index in [1.807, 2.05) is 25.1 Å². The molecule has 1 aromatic heterocycles. The van der Waals surface area contributed by atoms with Crippen molar-refractivity contribution in [1.82, 2.24) is 15.3 Å². The molecular formula is C20H26N4O3. The van der Waals surface area contributed by atoms with Crippen LogP contribution in [0, 0.1) is 5.92 Å². The van der Waals surface area contributed by atoms with E-state index in [-0.39, 0.29) is 17.9 Å². The summed E-state index contributed by atoms with van der Waals surface area (Å²) in [7, 11) is 3.24. The maximum absolute atomic E-state index is 12.7. The summed E-state index contributed by atoms with van der Waals surface area (Å²) in [5.74, 6) is 2.39. The minimum absolute atomic E-state index is 0.00427. The molecule has 1 N–H and O–H groups in total. The van der Waals surface area contributed by atoms with Gasteiger partial charge in [-0.1, -0.05) is 0 Å². The van der Waals surface area contributed by atoms with Crippen molar-refractivity contribution in [2.45, 2.75) is 25.8 Å². The van der Waals surface area contributed by atoms with E-state index >= 15 is 0 Å². The van der Waals surface area contributed by atoms with Crippen LogP contribution < -0.4 is 19.7 Å². The number of rotatable bonds is 6. The molecule has 0 saturated carbocycles. The Bertz CT molecular complexity index is 761. The molecule has 1 aliphatic heterocycles. The van der Waals surface area contributed by atoms with Gasteiger partial charge in [0.2, 0.25) is 5.91 Å². The van der Waals surface area contributed by atoms with Gasteiger partial charge in [-0.3, -0.25) is 9.78 Å². The van der Waals surface area contributed by atoms with Gasteiger partial charge in [-0.15, -0.1) is 0 Å². The Morgan fingerprint density at radius 3 is 2.63 bits per heavy atom. The van der Waals surface area contributed by atoms with Crippen molar-refractivity contribution in [3.05, 3.63) is 42.4 Å². The summed E-state index contributed by atoms with van der Waals surface area (Å²) < 4.78 is 10.7. The van der Waals surface area contributed by atoms with Crippen LogP contribution in [-0.4, -0.2) is 43.2 Å². The summed E-state index contributed by atoms with van der Waals surface area (Å²) in [5.41, 5.74) is 0.934. The topological polar surface area (TPSA) is 76.6 Å². The molecule has 0 aliphatic carbocycles. The molecule has 0 radical (unpaired) electrons. The zero-order valence-electron chi connectivity index (χ0n) is 16.0. The molecule has 1 aromatic carbocycles. The number of anilines is 1. The lowest BCUT2D eigenvalue weighted by atomic mass is 9.95. The molecule has 1 unspecified atom stereocenters. The van der Waals surface area contributed by atoms with Crippen molar-refractivity contribution in [3.8, 4) is 11.5 Å². The van der Waals surface area contributed by atoms with Crippen LogP contribution in [0.5, 0.6) is 11.5 Å². The molecule has 0 spiro atoms. The van der Waals surface area contributed by atoms with Gasteiger partial charge in [0.15, 0.2) is 0 Å². The Hall–Kier alpha value is -2.83. The minimum Gasteiger partial charge on any atom is -0.497 e. The summed E-state index contributed by atoms with van der Waals surface area (Å²) in [5, 5.41) is 3.13. The molecule has 0 bridgehead atoms. The van der Waals surface area contributed by atoms with E-state index in [2.05, 4.69) is 20.2 Å². The monoisotopic (exact) mass is 370 g/mol. The molecule has 2 heterocycles.